The van der Waals surface area contributed by atoms with E-state index < -0.39 is 10.8 Å². The van der Waals surface area contributed by atoms with E-state index in [9.17, 15) is 4.21 Å². The van der Waals surface area contributed by atoms with Crippen LogP contribution in [0.2, 0.25) is 0 Å². The molecule has 20 heavy (non-hydrogen) atoms. The highest BCUT2D eigenvalue weighted by molar-refractivity contribution is 7.85. The summed E-state index contributed by atoms with van der Waals surface area (Å²) in [6.07, 6.45) is 0.626. The van der Waals surface area contributed by atoms with Gasteiger partial charge in [0.15, 0.2) is 0 Å². The minimum Gasteiger partial charge on any atom is -0.492 e. The number of nitrogens with two attached hydrogens (primary N) is 1. The molecule has 1 fully saturated rings. The summed E-state index contributed by atoms with van der Waals surface area (Å²) in [4.78, 5) is 2.80. The SMILES string of the molecule is NC(=S)Cc1ccc(OCCN2CCS(=O)CC2)cc1. The number of hydrogen-bond donors (Lipinski definition) is 1. The standard InChI is InChI=1S/C14H20N2O2S2/c15-14(19)11-12-1-3-13(4-2-12)18-8-5-16-6-9-20(17)10-7-16/h1-4H,5-11H2,(H2,15,19). The summed E-state index contributed by atoms with van der Waals surface area (Å²) in [5.74, 6) is 2.43. The van der Waals surface area contributed by atoms with Crippen LogP contribution in [-0.2, 0) is 17.2 Å². The average molecular weight is 312 g/mol. The number of thiocarbonyl (C=S) groups is 1. The van der Waals surface area contributed by atoms with Gasteiger partial charge in [-0.15, -0.1) is 0 Å². The maximum atomic E-state index is 11.2. The lowest BCUT2D eigenvalue weighted by Gasteiger charge is -2.25. The predicted molar refractivity (Wildman–Crippen MR) is 86.7 cm³/mol. The molecule has 0 saturated carbocycles. The van der Waals surface area contributed by atoms with Crippen LogP contribution in [0.25, 0.3) is 0 Å². The van der Waals surface area contributed by atoms with Gasteiger partial charge >= 0.3 is 0 Å². The van der Waals surface area contributed by atoms with Gasteiger partial charge in [-0.05, 0) is 17.7 Å². The van der Waals surface area contributed by atoms with Crippen LogP contribution in [0.1, 0.15) is 5.56 Å². The molecule has 2 N–H and O–H groups in total. The van der Waals surface area contributed by atoms with Crippen LogP contribution in [-0.4, -0.2) is 51.8 Å². The van der Waals surface area contributed by atoms with Crippen molar-refractivity contribution in [1.82, 2.24) is 4.90 Å². The molecule has 6 heteroatoms. The molecule has 1 heterocycles. The topological polar surface area (TPSA) is 55.6 Å². The first kappa shape index (κ1) is 15.4. The van der Waals surface area contributed by atoms with Gasteiger partial charge in [0.05, 0.1) is 4.99 Å². The highest BCUT2D eigenvalue weighted by Crippen LogP contribution is 2.12. The van der Waals surface area contributed by atoms with Gasteiger partial charge in [-0.1, -0.05) is 24.4 Å². The highest BCUT2D eigenvalue weighted by atomic mass is 32.2. The molecule has 1 aliphatic rings. The van der Waals surface area contributed by atoms with Gasteiger partial charge in [0.2, 0.25) is 0 Å². The Morgan fingerprint density at radius 2 is 1.95 bits per heavy atom. The third-order valence-electron chi connectivity index (χ3n) is 3.25. The van der Waals surface area contributed by atoms with Crippen molar-refractivity contribution >= 4 is 28.0 Å². The van der Waals surface area contributed by atoms with Gasteiger partial charge in [-0.3, -0.25) is 9.11 Å². The molecule has 0 spiro atoms. The minimum atomic E-state index is -0.613. The number of ether oxygens (including phenoxy) is 1. The average Bonchev–Trinajstić information content (AvgIpc) is 2.42. The van der Waals surface area contributed by atoms with Gasteiger partial charge in [0.25, 0.3) is 0 Å². The first-order valence-corrected chi connectivity index (χ1v) is 8.60. The van der Waals surface area contributed by atoms with Gasteiger partial charge in [0, 0.05) is 48.4 Å². The van der Waals surface area contributed by atoms with E-state index in [0.717, 1.165) is 42.5 Å². The normalized spacial score (nSPS) is 17.0. The fourth-order valence-electron chi connectivity index (χ4n) is 2.10. The van der Waals surface area contributed by atoms with E-state index in [4.69, 9.17) is 22.7 Å². The number of benzene rings is 1. The highest BCUT2D eigenvalue weighted by Gasteiger charge is 2.14. The lowest BCUT2D eigenvalue weighted by atomic mass is 10.1. The quantitative estimate of drug-likeness (QED) is 0.793. The van der Waals surface area contributed by atoms with Crippen LogP contribution >= 0.6 is 12.2 Å². The van der Waals surface area contributed by atoms with Crippen molar-refractivity contribution in [2.45, 2.75) is 6.42 Å². The van der Waals surface area contributed by atoms with E-state index in [1.165, 1.54) is 0 Å². The van der Waals surface area contributed by atoms with Crippen LogP contribution < -0.4 is 10.5 Å². The smallest absolute Gasteiger partial charge is 0.119 e. The fourth-order valence-corrected chi connectivity index (χ4v) is 3.39. The van der Waals surface area contributed by atoms with Gasteiger partial charge < -0.3 is 10.5 Å². The second-order valence-corrected chi connectivity index (χ2v) is 7.05. The molecule has 1 aromatic carbocycles. The summed E-state index contributed by atoms with van der Waals surface area (Å²) in [7, 11) is -0.613. The van der Waals surface area contributed by atoms with Gasteiger partial charge in [-0.25, -0.2) is 0 Å². The summed E-state index contributed by atoms with van der Waals surface area (Å²) in [5.41, 5.74) is 6.61. The molecular formula is C14H20N2O2S2. The molecule has 4 nitrogen and oxygen atoms in total. The molecule has 0 atom stereocenters. The zero-order valence-corrected chi connectivity index (χ0v) is 13.0. The zero-order chi connectivity index (χ0) is 14.4. The Hall–Kier alpha value is -0.980. The molecule has 0 unspecified atom stereocenters. The third kappa shape index (κ3) is 5.19. The minimum absolute atomic E-state index is 0.501. The molecule has 1 aliphatic heterocycles. The summed E-state index contributed by atoms with van der Waals surface area (Å²) >= 11 is 4.88. The van der Waals surface area contributed by atoms with Crippen molar-refractivity contribution in [3.05, 3.63) is 29.8 Å². The Morgan fingerprint density at radius 1 is 1.30 bits per heavy atom. The second kappa shape index (κ2) is 7.71. The van der Waals surface area contributed by atoms with E-state index in [1.807, 2.05) is 24.3 Å². The predicted octanol–water partition coefficient (Wildman–Crippen LogP) is 0.958. The van der Waals surface area contributed by atoms with Crippen molar-refractivity contribution in [3.8, 4) is 5.75 Å². The molecule has 0 bridgehead atoms. The van der Waals surface area contributed by atoms with E-state index in [2.05, 4.69) is 4.90 Å². The van der Waals surface area contributed by atoms with E-state index in [-0.39, 0.29) is 0 Å². The van der Waals surface area contributed by atoms with Gasteiger partial charge in [0.1, 0.15) is 12.4 Å². The molecule has 0 radical (unpaired) electrons. The maximum Gasteiger partial charge on any atom is 0.119 e. The maximum absolute atomic E-state index is 11.2. The van der Waals surface area contributed by atoms with Gasteiger partial charge in [-0.2, -0.15) is 0 Å². The number of nitrogens with zero attached hydrogens (tertiary/aromatic N) is 1. The van der Waals surface area contributed by atoms with E-state index >= 15 is 0 Å². The number of hydrogen-bond acceptors (Lipinski definition) is 4. The first-order chi connectivity index (χ1) is 9.63. The van der Waals surface area contributed by atoms with Crippen molar-refractivity contribution in [1.29, 1.82) is 0 Å². The zero-order valence-electron chi connectivity index (χ0n) is 11.4. The van der Waals surface area contributed by atoms with Crippen LogP contribution in [0.4, 0.5) is 0 Å². The molecule has 0 aromatic heterocycles. The summed E-state index contributed by atoms with van der Waals surface area (Å²) in [6, 6.07) is 7.86. The lowest BCUT2D eigenvalue weighted by Crippen LogP contribution is -2.39. The van der Waals surface area contributed by atoms with Crippen molar-refractivity contribution in [2.24, 2.45) is 5.73 Å². The van der Waals surface area contributed by atoms with Crippen molar-refractivity contribution in [2.75, 3.05) is 37.7 Å². The molecule has 110 valence electrons. The Balaban J connectivity index is 1.71. The summed E-state index contributed by atoms with van der Waals surface area (Å²) in [5, 5.41) is 0. The van der Waals surface area contributed by atoms with Crippen LogP contribution in [0.15, 0.2) is 24.3 Å². The van der Waals surface area contributed by atoms with E-state index in [0.29, 0.717) is 18.0 Å². The Bertz CT molecular complexity index is 467. The molecule has 2 rings (SSSR count). The van der Waals surface area contributed by atoms with Crippen LogP contribution in [0.3, 0.4) is 0 Å². The Kier molecular flexibility index (Phi) is 5.94. The van der Waals surface area contributed by atoms with Crippen molar-refractivity contribution < 1.29 is 8.95 Å². The molecule has 0 amide bonds. The Morgan fingerprint density at radius 3 is 2.55 bits per heavy atom. The lowest BCUT2D eigenvalue weighted by molar-refractivity contribution is 0.221. The molecule has 1 saturated heterocycles. The molecular weight excluding hydrogens is 292 g/mol. The monoisotopic (exact) mass is 312 g/mol. The fraction of sp³-hybridized carbons (Fsp3) is 0.500. The Labute approximate surface area is 127 Å². The van der Waals surface area contributed by atoms with Crippen molar-refractivity contribution in [3.63, 3.8) is 0 Å². The molecule has 0 aliphatic carbocycles. The van der Waals surface area contributed by atoms with E-state index in [1.54, 1.807) is 0 Å². The van der Waals surface area contributed by atoms with Crippen LogP contribution in [0.5, 0.6) is 5.75 Å². The number of rotatable bonds is 6. The first-order valence-electron chi connectivity index (χ1n) is 6.71. The molecule has 1 aromatic rings. The second-order valence-electron chi connectivity index (χ2n) is 4.83. The van der Waals surface area contributed by atoms with Crippen LogP contribution in [0, 0.1) is 0 Å². The largest absolute Gasteiger partial charge is 0.492 e. The summed E-state index contributed by atoms with van der Waals surface area (Å²) in [6.45, 7) is 3.35. The summed E-state index contributed by atoms with van der Waals surface area (Å²) < 4.78 is 17.0. The third-order valence-corrected chi connectivity index (χ3v) is 4.67.